The van der Waals surface area contributed by atoms with Crippen molar-refractivity contribution in [2.75, 3.05) is 0 Å². The topological polar surface area (TPSA) is 105 Å². The predicted molar refractivity (Wildman–Crippen MR) is 70.6 cm³/mol. The van der Waals surface area contributed by atoms with Gasteiger partial charge in [-0.05, 0) is 12.1 Å². The van der Waals surface area contributed by atoms with Gasteiger partial charge in [0, 0.05) is 19.1 Å². The summed E-state index contributed by atoms with van der Waals surface area (Å²) in [6.45, 7) is 4.66. The Bertz CT molecular complexity index is 524. The van der Waals surface area contributed by atoms with E-state index in [-0.39, 0.29) is 17.4 Å². The van der Waals surface area contributed by atoms with Crippen LogP contribution in [0.4, 0.5) is 10.5 Å². The molecule has 0 bridgehead atoms. The van der Waals surface area contributed by atoms with E-state index in [1.807, 2.05) is 0 Å². The van der Waals surface area contributed by atoms with Crippen LogP contribution in [0.15, 0.2) is 24.3 Å². The van der Waals surface area contributed by atoms with Gasteiger partial charge in [-0.3, -0.25) is 14.9 Å². The highest BCUT2D eigenvalue weighted by molar-refractivity contribution is 5.72. The number of nitrogens with zero attached hydrogens (tertiary/aromatic N) is 1. The second kappa shape index (κ2) is 7.22. The normalized spacial score (nSPS) is 11.6. The minimum Gasteiger partial charge on any atom is -0.425 e. The van der Waals surface area contributed by atoms with Crippen molar-refractivity contribution in [1.82, 2.24) is 0 Å². The van der Waals surface area contributed by atoms with Crippen molar-refractivity contribution < 1.29 is 28.7 Å². The van der Waals surface area contributed by atoms with E-state index in [0.717, 1.165) is 0 Å². The molecule has 1 aromatic rings. The number of rotatable bonds is 5. The van der Waals surface area contributed by atoms with Gasteiger partial charge in [-0.1, -0.05) is 13.8 Å². The first-order valence-corrected chi connectivity index (χ1v) is 6.13. The molecule has 0 aliphatic carbocycles. The van der Waals surface area contributed by atoms with E-state index in [1.54, 1.807) is 13.8 Å². The Labute approximate surface area is 120 Å². The fourth-order valence-electron chi connectivity index (χ4n) is 1.22. The van der Waals surface area contributed by atoms with Gasteiger partial charge in [0.25, 0.3) is 5.69 Å². The van der Waals surface area contributed by atoms with Gasteiger partial charge in [0.2, 0.25) is 6.29 Å². The standard InChI is InChI=1S/C13H15NO7/c1-8(2)12(15)19-9(3)20-13(16)21-11-6-4-10(5-7-11)14(17)18/h4-9H,1-3H3/t9-/m0/s1. The van der Waals surface area contributed by atoms with Crippen molar-refractivity contribution in [2.24, 2.45) is 5.92 Å². The molecule has 0 aliphatic heterocycles. The maximum atomic E-state index is 11.4. The smallest absolute Gasteiger partial charge is 0.425 e. The van der Waals surface area contributed by atoms with Crippen molar-refractivity contribution >= 4 is 17.8 Å². The number of carbonyl (C=O) groups excluding carboxylic acids is 2. The SMILES string of the molecule is CC(C)C(=O)O[C@H](C)OC(=O)Oc1ccc([N+](=O)[O-])cc1. The van der Waals surface area contributed by atoms with Gasteiger partial charge in [0.1, 0.15) is 5.75 Å². The maximum absolute atomic E-state index is 11.4. The Hall–Kier alpha value is -2.64. The Morgan fingerprint density at radius 2 is 1.67 bits per heavy atom. The lowest BCUT2D eigenvalue weighted by atomic mass is 10.2. The number of hydrogen-bond acceptors (Lipinski definition) is 7. The first kappa shape index (κ1) is 16.4. The first-order valence-electron chi connectivity index (χ1n) is 6.13. The Kier molecular flexibility index (Phi) is 5.65. The molecule has 0 N–H and O–H groups in total. The summed E-state index contributed by atoms with van der Waals surface area (Å²) in [6.07, 6.45) is -2.17. The monoisotopic (exact) mass is 297 g/mol. The largest absolute Gasteiger partial charge is 0.516 e. The zero-order valence-corrected chi connectivity index (χ0v) is 11.8. The Morgan fingerprint density at radius 3 is 2.14 bits per heavy atom. The highest BCUT2D eigenvalue weighted by atomic mass is 16.8. The molecule has 1 rings (SSSR count). The summed E-state index contributed by atoms with van der Waals surface area (Å²) < 4.78 is 14.3. The molecule has 0 aromatic heterocycles. The van der Waals surface area contributed by atoms with Crippen molar-refractivity contribution in [3.05, 3.63) is 34.4 Å². The van der Waals surface area contributed by atoms with E-state index in [0.29, 0.717) is 0 Å². The molecule has 0 saturated heterocycles. The van der Waals surface area contributed by atoms with Crippen LogP contribution in [-0.4, -0.2) is 23.3 Å². The van der Waals surface area contributed by atoms with Crippen molar-refractivity contribution in [1.29, 1.82) is 0 Å². The second-order valence-electron chi connectivity index (χ2n) is 4.38. The third-order valence-electron chi connectivity index (χ3n) is 2.26. The van der Waals surface area contributed by atoms with Gasteiger partial charge < -0.3 is 14.2 Å². The summed E-state index contributed by atoms with van der Waals surface area (Å²) >= 11 is 0. The number of benzene rings is 1. The quantitative estimate of drug-likeness (QED) is 0.270. The summed E-state index contributed by atoms with van der Waals surface area (Å²) in [5.74, 6) is -0.777. The van der Waals surface area contributed by atoms with Crippen molar-refractivity contribution in [3.8, 4) is 5.75 Å². The summed E-state index contributed by atoms with van der Waals surface area (Å²) in [5.41, 5.74) is -0.130. The van der Waals surface area contributed by atoms with E-state index < -0.39 is 23.3 Å². The highest BCUT2D eigenvalue weighted by Crippen LogP contribution is 2.18. The summed E-state index contributed by atoms with van der Waals surface area (Å²) in [7, 11) is 0. The number of nitro groups is 1. The molecule has 0 unspecified atom stereocenters. The zero-order valence-electron chi connectivity index (χ0n) is 11.8. The minimum atomic E-state index is -1.09. The Morgan fingerprint density at radius 1 is 1.10 bits per heavy atom. The molecule has 8 nitrogen and oxygen atoms in total. The molecule has 21 heavy (non-hydrogen) atoms. The van der Waals surface area contributed by atoms with Crippen LogP contribution in [0.5, 0.6) is 5.75 Å². The van der Waals surface area contributed by atoms with E-state index >= 15 is 0 Å². The predicted octanol–water partition coefficient (Wildman–Crippen LogP) is 2.66. The van der Waals surface area contributed by atoms with E-state index in [4.69, 9.17) is 14.2 Å². The van der Waals surface area contributed by atoms with Gasteiger partial charge in [-0.25, -0.2) is 4.79 Å². The average Bonchev–Trinajstić information content (AvgIpc) is 2.38. The lowest BCUT2D eigenvalue weighted by molar-refractivity contribution is -0.384. The number of hydrogen-bond donors (Lipinski definition) is 0. The van der Waals surface area contributed by atoms with Crippen molar-refractivity contribution in [2.45, 2.75) is 27.1 Å². The molecule has 1 aromatic carbocycles. The summed E-state index contributed by atoms with van der Waals surface area (Å²) in [4.78, 5) is 32.6. The van der Waals surface area contributed by atoms with Crippen LogP contribution in [0.25, 0.3) is 0 Å². The minimum absolute atomic E-state index is 0.0768. The summed E-state index contributed by atoms with van der Waals surface area (Å²) in [6, 6.07) is 4.88. The van der Waals surface area contributed by atoms with Gasteiger partial charge in [-0.2, -0.15) is 0 Å². The van der Waals surface area contributed by atoms with E-state index in [9.17, 15) is 19.7 Å². The number of nitro benzene ring substituents is 1. The average molecular weight is 297 g/mol. The van der Waals surface area contributed by atoms with Crippen molar-refractivity contribution in [3.63, 3.8) is 0 Å². The summed E-state index contributed by atoms with van der Waals surface area (Å²) in [5, 5.41) is 10.5. The Balaban J connectivity index is 2.49. The van der Waals surface area contributed by atoms with Gasteiger partial charge in [0.15, 0.2) is 0 Å². The van der Waals surface area contributed by atoms with Crippen LogP contribution in [0.3, 0.4) is 0 Å². The molecule has 0 spiro atoms. The highest BCUT2D eigenvalue weighted by Gasteiger charge is 2.18. The van der Waals surface area contributed by atoms with Crippen LogP contribution in [0.1, 0.15) is 20.8 Å². The molecule has 0 heterocycles. The molecule has 1 atom stereocenters. The molecular weight excluding hydrogens is 282 g/mol. The van der Waals surface area contributed by atoms with Crippen LogP contribution in [-0.2, 0) is 14.3 Å². The molecule has 0 aliphatic rings. The van der Waals surface area contributed by atoms with E-state index in [1.165, 1.54) is 31.2 Å². The molecule has 114 valence electrons. The van der Waals surface area contributed by atoms with E-state index in [2.05, 4.69) is 0 Å². The van der Waals surface area contributed by atoms with Crippen LogP contribution in [0.2, 0.25) is 0 Å². The van der Waals surface area contributed by atoms with Crippen LogP contribution < -0.4 is 4.74 Å². The fourth-order valence-corrected chi connectivity index (χ4v) is 1.22. The van der Waals surface area contributed by atoms with Crippen LogP contribution >= 0.6 is 0 Å². The third-order valence-corrected chi connectivity index (χ3v) is 2.26. The fraction of sp³-hybridized carbons (Fsp3) is 0.385. The molecule has 0 amide bonds. The zero-order chi connectivity index (χ0) is 16.0. The number of carbonyl (C=O) groups is 2. The van der Waals surface area contributed by atoms with Gasteiger partial charge in [0.05, 0.1) is 10.8 Å². The number of non-ortho nitro benzene ring substituents is 1. The third kappa shape index (κ3) is 5.47. The molecule has 8 heteroatoms. The second-order valence-corrected chi connectivity index (χ2v) is 4.38. The lowest BCUT2D eigenvalue weighted by Gasteiger charge is -2.14. The molecule has 0 radical (unpaired) electrons. The molecule has 0 saturated carbocycles. The molecule has 0 fully saturated rings. The lowest BCUT2D eigenvalue weighted by Crippen LogP contribution is -2.25. The number of ether oxygens (including phenoxy) is 3. The van der Waals surface area contributed by atoms with Gasteiger partial charge in [-0.15, -0.1) is 0 Å². The van der Waals surface area contributed by atoms with Gasteiger partial charge >= 0.3 is 12.1 Å². The van der Waals surface area contributed by atoms with Crippen LogP contribution in [0, 0.1) is 16.0 Å². The maximum Gasteiger partial charge on any atom is 0.516 e. The number of esters is 1. The first-order chi connectivity index (χ1) is 9.79. The molecular formula is C13H15NO7.